The monoisotopic (exact) mass is 278 g/mol. The molecule has 2 aromatic carbocycles. The molecular weight excluding hydrogens is 260 g/mol. The van der Waals surface area contributed by atoms with Crippen molar-refractivity contribution in [2.45, 2.75) is 13.2 Å². The van der Waals surface area contributed by atoms with Gasteiger partial charge in [0.25, 0.3) is 0 Å². The van der Waals surface area contributed by atoms with E-state index in [2.05, 4.69) is 11.4 Å². The van der Waals surface area contributed by atoms with Crippen molar-refractivity contribution in [2.75, 3.05) is 6.54 Å². The number of nitrogens with zero attached hydrogens (tertiary/aromatic N) is 1. The Morgan fingerprint density at radius 3 is 2.43 bits per heavy atom. The van der Waals surface area contributed by atoms with E-state index in [0.29, 0.717) is 5.56 Å². The van der Waals surface area contributed by atoms with E-state index >= 15 is 0 Å². The van der Waals surface area contributed by atoms with E-state index in [-0.39, 0.29) is 6.61 Å². The van der Waals surface area contributed by atoms with E-state index in [1.807, 2.05) is 60.7 Å². The lowest BCUT2D eigenvalue weighted by Gasteiger charge is -2.07. The lowest BCUT2D eigenvalue weighted by Crippen LogP contribution is -2.14. The minimum atomic E-state index is 0.0684. The Kier molecular flexibility index (Phi) is 5.71. The number of nitriles is 1. The van der Waals surface area contributed by atoms with E-state index in [1.165, 1.54) is 0 Å². The first-order valence-corrected chi connectivity index (χ1v) is 6.88. The fourth-order valence-electron chi connectivity index (χ4n) is 2.04. The van der Waals surface area contributed by atoms with Gasteiger partial charge in [-0.2, -0.15) is 5.26 Å². The van der Waals surface area contributed by atoms with Crippen molar-refractivity contribution in [3.8, 4) is 6.07 Å². The average Bonchev–Trinajstić information content (AvgIpc) is 2.55. The molecule has 0 aliphatic carbocycles. The second-order valence-electron chi connectivity index (χ2n) is 4.69. The van der Waals surface area contributed by atoms with Crippen molar-refractivity contribution in [1.82, 2.24) is 5.32 Å². The van der Waals surface area contributed by atoms with Crippen LogP contribution in [0.15, 0.2) is 54.6 Å². The van der Waals surface area contributed by atoms with Crippen LogP contribution in [0.2, 0.25) is 0 Å². The highest BCUT2D eigenvalue weighted by atomic mass is 16.3. The van der Waals surface area contributed by atoms with Crippen molar-refractivity contribution in [3.63, 3.8) is 0 Å². The molecule has 0 amide bonds. The number of rotatable bonds is 6. The number of aliphatic hydroxyl groups excluding tert-OH is 1. The molecule has 0 radical (unpaired) electrons. The fraction of sp³-hybridized carbons (Fsp3) is 0.167. The predicted molar refractivity (Wildman–Crippen MR) is 84.3 cm³/mol. The summed E-state index contributed by atoms with van der Waals surface area (Å²) in [5.41, 5.74) is 3.82. The molecule has 2 rings (SSSR count). The molecular formula is C18H18N2O. The topological polar surface area (TPSA) is 56.0 Å². The van der Waals surface area contributed by atoms with E-state index in [9.17, 15) is 5.11 Å². The standard InChI is InChI=1S/C18H18N2O/c19-12-16-9-7-15(8-10-16)4-3-11-20-13-17-5-1-2-6-18(17)14-21/h1-10,20-21H,11,13-14H2/b4-3+. The summed E-state index contributed by atoms with van der Waals surface area (Å²) in [5.74, 6) is 0. The maximum Gasteiger partial charge on any atom is 0.0991 e. The minimum Gasteiger partial charge on any atom is -0.392 e. The number of benzene rings is 2. The van der Waals surface area contributed by atoms with E-state index in [1.54, 1.807) is 0 Å². The first-order chi connectivity index (χ1) is 10.3. The molecule has 0 unspecified atom stereocenters. The summed E-state index contributed by atoms with van der Waals surface area (Å²) in [7, 11) is 0. The molecule has 0 saturated heterocycles. The second-order valence-corrected chi connectivity index (χ2v) is 4.69. The molecule has 0 bridgehead atoms. The molecule has 0 saturated carbocycles. The Labute approximate surface area is 125 Å². The van der Waals surface area contributed by atoms with Gasteiger partial charge in [0.15, 0.2) is 0 Å². The number of hydrogen-bond acceptors (Lipinski definition) is 3. The minimum absolute atomic E-state index is 0.0684. The van der Waals surface area contributed by atoms with Crippen LogP contribution in [0.1, 0.15) is 22.3 Å². The molecule has 0 atom stereocenters. The normalized spacial score (nSPS) is 10.7. The summed E-state index contributed by atoms with van der Waals surface area (Å²) in [5, 5.41) is 21.3. The van der Waals surface area contributed by atoms with Crippen molar-refractivity contribution in [2.24, 2.45) is 0 Å². The first kappa shape index (κ1) is 15.0. The molecule has 3 nitrogen and oxygen atoms in total. The molecule has 2 aromatic rings. The highest BCUT2D eigenvalue weighted by molar-refractivity contribution is 5.51. The molecule has 0 aliphatic heterocycles. The summed E-state index contributed by atoms with van der Waals surface area (Å²) < 4.78 is 0. The van der Waals surface area contributed by atoms with Gasteiger partial charge < -0.3 is 10.4 Å². The van der Waals surface area contributed by atoms with Gasteiger partial charge in [-0.15, -0.1) is 0 Å². The van der Waals surface area contributed by atoms with Gasteiger partial charge in [-0.1, -0.05) is 48.6 Å². The molecule has 0 spiro atoms. The summed E-state index contributed by atoms with van der Waals surface area (Å²) >= 11 is 0. The summed E-state index contributed by atoms with van der Waals surface area (Å²) in [6.45, 7) is 1.55. The van der Waals surface area contributed by atoms with E-state index in [0.717, 1.165) is 29.8 Å². The summed E-state index contributed by atoms with van der Waals surface area (Å²) in [6, 6.07) is 17.4. The molecule has 0 fully saturated rings. The van der Waals surface area contributed by atoms with Crippen LogP contribution < -0.4 is 5.32 Å². The third-order valence-electron chi connectivity index (χ3n) is 3.22. The Morgan fingerprint density at radius 2 is 1.76 bits per heavy atom. The van der Waals surface area contributed by atoms with Gasteiger partial charge in [0, 0.05) is 13.1 Å². The Morgan fingerprint density at radius 1 is 1.05 bits per heavy atom. The quantitative estimate of drug-likeness (QED) is 0.799. The molecule has 3 heteroatoms. The first-order valence-electron chi connectivity index (χ1n) is 6.88. The predicted octanol–water partition coefficient (Wildman–Crippen LogP) is 2.85. The SMILES string of the molecule is N#Cc1ccc(/C=C/CNCc2ccccc2CO)cc1. The van der Waals surface area contributed by atoms with Crippen molar-refractivity contribution in [3.05, 3.63) is 76.9 Å². The van der Waals surface area contributed by atoms with Crippen LogP contribution in [0.25, 0.3) is 6.08 Å². The highest BCUT2D eigenvalue weighted by Crippen LogP contribution is 2.08. The van der Waals surface area contributed by atoms with E-state index < -0.39 is 0 Å². The van der Waals surface area contributed by atoms with E-state index in [4.69, 9.17) is 5.26 Å². The number of hydrogen-bond donors (Lipinski definition) is 2. The number of aliphatic hydroxyl groups is 1. The van der Waals surface area contributed by atoms with Gasteiger partial charge in [0.05, 0.1) is 18.2 Å². The second kappa shape index (κ2) is 8.01. The molecule has 106 valence electrons. The van der Waals surface area contributed by atoms with Gasteiger partial charge in [-0.05, 0) is 28.8 Å². The Balaban J connectivity index is 1.81. The van der Waals surface area contributed by atoms with Crippen molar-refractivity contribution >= 4 is 6.08 Å². The van der Waals surface area contributed by atoms with Crippen LogP contribution in [-0.2, 0) is 13.2 Å². The third-order valence-corrected chi connectivity index (χ3v) is 3.22. The maximum atomic E-state index is 9.25. The van der Waals surface area contributed by atoms with Crippen LogP contribution in [0.3, 0.4) is 0 Å². The van der Waals surface area contributed by atoms with Crippen LogP contribution in [0, 0.1) is 11.3 Å². The van der Waals surface area contributed by atoms with Crippen molar-refractivity contribution < 1.29 is 5.11 Å². The molecule has 0 aromatic heterocycles. The lowest BCUT2D eigenvalue weighted by molar-refractivity contribution is 0.280. The Hall–Kier alpha value is -2.41. The fourth-order valence-corrected chi connectivity index (χ4v) is 2.04. The lowest BCUT2D eigenvalue weighted by atomic mass is 10.1. The van der Waals surface area contributed by atoms with Crippen LogP contribution in [-0.4, -0.2) is 11.7 Å². The molecule has 21 heavy (non-hydrogen) atoms. The largest absolute Gasteiger partial charge is 0.392 e. The molecule has 2 N–H and O–H groups in total. The van der Waals surface area contributed by atoms with Crippen LogP contribution >= 0.6 is 0 Å². The van der Waals surface area contributed by atoms with Gasteiger partial charge in [0.2, 0.25) is 0 Å². The van der Waals surface area contributed by atoms with Gasteiger partial charge in [0.1, 0.15) is 0 Å². The third kappa shape index (κ3) is 4.57. The summed E-state index contributed by atoms with van der Waals surface area (Å²) in [6.07, 6.45) is 4.06. The smallest absolute Gasteiger partial charge is 0.0991 e. The average molecular weight is 278 g/mol. The van der Waals surface area contributed by atoms with Gasteiger partial charge in [-0.3, -0.25) is 0 Å². The van der Waals surface area contributed by atoms with Gasteiger partial charge in [-0.25, -0.2) is 0 Å². The maximum absolute atomic E-state index is 9.25. The molecule has 0 aliphatic rings. The highest BCUT2D eigenvalue weighted by Gasteiger charge is 1.98. The zero-order valence-electron chi connectivity index (χ0n) is 11.8. The zero-order valence-corrected chi connectivity index (χ0v) is 11.8. The Bertz CT molecular complexity index is 639. The van der Waals surface area contributed by atoms with Crippen LogP contribution in [0.5, 0.6) is 0 Å². The van der Waals surface area contributed by atoms with Crippen molar-refractivity contribution in [1.29, 1.82) is 5.26 Å². The number of nitrogens with one attached hydrogen (secondary N) is 1. The van der Waals surface area contributed by atoms with Crippen LogP contribution in [0.4, 0.5) is 0 Å². The molecule has 0 heterocycles. The van der Waals surface area contributed by atoms with Gasteiger partial charge >= 0.3 is 0 Å². The zero-order chi connectivity index (χ0) is 14.9. The summed E-state index contributed by atoms with van der Waals surface area (Å²) in [4.78, 5) is 0.